The fourth-order valence-electron chi connectivity index (χ4n) is 2.43. The molecule has 1 aliphatic carbocycles. The lowest BCUT2D eigenvalue weighted by molar-refractivity contribution is -0.169. The van der Waals surface area contributed by atoms with Gasteiger partial charge in [0.1, 0.15) is 0 Å². The second kappa shape index (κ2) is 5.68. The topological polar surface area (TPSA) is 138 Å². The van der Waals surface area contributed by atoms with Crippen LogP contribution < -0.4 is 0 Å². The molecule has 0 bridgehead atoms. The largest absolute Gasteiger partial charge is 0.481 e. The van der Waals surface area contributed by atoms with E-state index in [-0.39, 0.29) is 6.42 Å². The second-order valence-electron chi connectivity index (χ2n) is 4.44. The van der Waals surface area contributed by atoms with Gasteiger partial charge in [0.2, 0.25) is 0 Å². The summed E-state index contributed by atoms with van der Waals surface area (Å²) < 4.78 is 4.45. The van der Waals surface area contributed by atoms with Crippen molar-refractivity contribution < 1.29 is 39.2 Å². The van der Waals surface area contributed by atoms with E-state index in [1.807, 2.05) is 0 Å². The van der Waals surface area contributed by atoms with Crippen LogP contribution in [0.15, 0.2) is 0 Å². The van der Waals surface area contributed by atoms with Gasteiger partial charge in [-0.2, -0.15) is 0 Å². The minimum absolute atomic E-state index is 0.351. The number of rotatable bonds is 4. The summed E-state index contributed by atoms with van der Waals surface area (Å²) in [5.74, 6) is -9.89. The van der Waals surface area contributed by atoms with Crippen LogP contribution in [0.1, 0.15) is 12.8 Å². The molecule has 0 aromatic rings. The van der Waals surface area contributed by atoms with Crippen LogP contribution in [0, 0.1) is 23.7 Å². The first-order valence-electron chi connectivity index (χ1n) is 5.55. The van der Waals surface area contributed by atoms with Crippen molar-refractivity contribution in [1.82, 2.24) is 0 Å². The summed E-state index contributed by atoms with van der Waals surface area (Å²) >= 11 is 0. The highest BCUT2D eigenvalue weighted by molar-refractivity contribution is 5.86. The van der Waals surface area contributed by atoms with Crippen LogP contribution in [-0.2, 0) is 23.9 Å². The minimum Gasteiger partial charge on any atom is -0.481 e. The SMILES string of the molecule is COC(=O)C1CC(C(=O)O)C(C(=O)O)CC1C(=O)O. The lowest BCUT2D eigenvalue weighted by Gasteiger charge is -2.34. The standard InChI is InChI=1S/C11H14O8/c1-19-11(18)7-3-5(9(14)15)4(8(12)13)2-6(7)10(16)17/h4-7H,2-3H2,1H3,(H,12,13)(H,14,15)(H,16,17). The number of methoxy groups -OCH3 is 1. The molecule has 0 radical (unpaired) electrons. The third-order valence-corrected chi connectivity index (χ3v) is 3.44. The molecule has 8 nitrogen and oxygen atoms in total. The van der Waals surface area contributed by atoms with Crippen LogP contribution in [0.3, 0.4) is 0 Å². The Balaban J connectivity index is 3.07. The van der Waals surface area contributed by atoms with Gasteiger partial charge < -0.3 is 20.1 Å². The van der Waals surface area contributed by atoms with Crippen LogP contribution in [-0.4, -0.2) is 46.3 Å². The van der Waals surface area contributed by atoms with Crippen molar-refractivity contribution in [2.24, 2.45) is 23.7 Å². The summed E-state index contributed by atoms with van der Waals surface area (Å²) in [6.45, 7) is 0. The number of hydrogen-bond acceptors (Lipinski definition) is 5. The molecule has 1 saturated carbocycles. The number of ether oxygens (including phenoxy) is 1. The van der Waals surface area contributed by atoms with Crippen molar-refractivity contribution in [1.29, 1.82) is 0 Å². The van der Waals surface area contributed by atoms with E-state index < -0.39 is 54.0 Å². The number of aliphatic carboxylic acids is 3. The monoisotopic (exact) mass is 274 g/mol. The Labute approximate surface area is 108 Å². The molecular formula is C11H14O8. The van der Waals surface area contributed by atoms with Gasteiger partial charge in [-0.3, -0.25) is 19.2 Å². The molecule has 0 heterocycles. The van der Waals surface area contributed by atoms with Gasteiger partial charge in [-0.1, -0.05) is 0 Å². The van der Waals surface area contributed by atoms with Crippen molar-refractivity contribution in [3.8, 4) is 0 Å². The second-order valence-corrected chi connectivity index (χ2v) is 4.44. The maximum Gasteiger partial charge on any atom is 0.309 e. The molecule has 19 heavy (non-hydrogen) atoms. The predicted molar refractivity (Wildman–Crippen MR) is 58.1 cm³/mol. The van der Waals surface area contributed by atoms with Gasteiger partial charge >= 0.3 is 23.9 Å². The zero-order valence-corrected chi connectivity index (χ0v) is 10.1. The van der Waals surface area contributed by atoms with Crippen molar-refractivity contribution in [3.63, 3.8) is 0 Å². The normalized spacial score (nSPS) is 30.4. The van der Waals surface area contributed by atoms with Crippen LogP contribution >= 0.6 is 0 Å². The molecule has 4 unspecified atom stereocenters. The molecule has 1 rings (SSSR count). The molecule has 0 saturated heterocycles. The highest BCUT2D eigenvalue weighted by atomic mass is 16.5. The minimum atomic E-state index is -1.37. The molecule has 0 aromatic carbocycles. The summed E-state index contributed by atoms with van der Waals surface area (Å²) in [7, 11) is 1.07. The van der Waals surface area contributed by atoms with Gasteiger partial charge in [-0.05, 0) is 12.8 Å². The van der Waals surface area contributed by atoms with E-state index in [4.69, 9.17) is 15.3 Å². The third kappa shape index (κ3) is 3.01. The van der Waals surface area contributed by atoms with Gasteiger partial charge in [0.05, 0.1) is 30.8 Å². The van der Waals surface area contributed by atoms with Gasteiger partial charge in [0.25, 0.3) is 0 Å². The van der Waals surface area contributed by atoms with Gasteiger partial charge in [-0.15, -0.1) is 0 Å². The maximum atomic E-state index is 11.5. The Hall–Kier alpha value is -2.12. The number of esters is 1. The van der Waals surface area contributed by atoms with E-state index >= 15 is 0 Å². The summed E-state index contributed by atoms with van der Waals surface area (Å²) in [5.41, 5.74) is 0. The highest BCUT2D eigenvalue weighted by Gasteiger charge is 2.49. The van der Waals surface area contributed by atoms with Crippen molar-refractivity contribution in [2.45, 2.75) is 12.8 Å². The summed E-state index contributed by atoms with van der Waals surface area (Å²) in [4.78, 5) is 44.6. The lowest BCUT2D eigenvalue weighted by atomic mass is 9.68. The Bertz CT molecular complexity index is 415. The van der Waals surface area contributed by atoms with Gasteiger partial charge in [0.15, 0.2) is 0 Å². The summed E-state index contributed by atoms with van der Waals surface area (Å²) in [5, 5.41) is 27.0. The fraction of sp³-hybridized carbons (Fsp3) is 0.636. The Morgan fingerprint density at radius 1 is 0.789 bits per heavy atom. The molecule has 1 aliphatic rings. The fourth-order valence-corrected chi connectivity index (χ4v) is 2.43. The van der Waals surface area contributed by atoms with Crippen molar-refractivity contribution in [2.75, 3.05) is 7.11 Å². The number of hydrogen-bond donors (Lipinski definition) is 3. The average molecular weight is 274 g/mol. The lowest BCUT2D eigenvalue weighted by Crippen LogP contribution is -2.45. The first-order valence-corrected chi connectivity index (χ1v) is 5.55. The smallest absolute Gasteiger partial charge is 0.309 e. The molecule has 8 heteroatoms. The van der Waals surface area contributed by atoms with E-state index in [2.05, 4.69) is 4.74 Å². The van der Waals surface area contributed by atoms with Crippen molar-refractivity contribution >= 4 is 23.9 Å². The summed E-state index contributed by atoms with van der Waals surface area (Å²) in [6.07, 6.45) is -0.753. The average Bonchev–Trinajstić information content (AvgIpc) is 2.35. The number of carboxylic acids is 3. The number of carbonyl (C=O) groups is 4. The third-order valence-electron chi connectivity index (χ3n) is 3.44. The van der Waals surface area contributed by atoms with Crippen LogP contribution in [0.2, 0.25) is 0 Å². The predicted octanol–water partition coefficient (Wildman–Crippen LogP) is -0.328. The molecular weight excluding hydrogens is 260 g/mol. The Morgan fingerprint density at radius 3 is 1.42 bits per heavy atom. The molecule has 1 fully saturated rings. The quantitative estimate of drug-likeness (QED) is 0.592. The van der Waals surface area contributed by atoms with E-state index in [0.29, 0.717) is 0 Å². The first kappa shape index (κ1) is 14.9. The molecule has 106 valence electrons. The van der Waals surface area contributed by atoms with E-state index in [9.17, 15) is 19.2 Å². The van der Waals surface area contributed by atoms with Crippen LogP contribution in [0.4, 0.5) is 0 Å². The van der Waals surface area contributed by atoms with E-state index in [1.54, 1.807) is 0 Å². The molecule has 0 aromatic heterocycles. The number of carbonyl (C=O) groups excluding carboxylic acids is 1. The molecule has 3 N–H and O–H groups in total. The van der Waals surface area contributed by atoms with E-state index in [0.717, 1.165) is 7.11 Å². The Morgan fingerprint density at radius 2 is 1.11 bits per heavy atom. The van der Waals surface area contributed by atoms with Gasteiger partial charge in [-0.25, -0.2) is 0 Å². The molecule has 0 spiro atoms. The van der Waals surface area contributed by atoms with Crippen LogP contribution in [0.25, 0.3) is 0 Å². The summed E-state index contributed by atoms with van der Waals surface area (Å²) in [6, 6.07) is 0. The van der Waals surface area contributed by atoms with Crippen LogP contribution in [0.5, 0.6) is 0 Å². The van der Waals surface area contributed by atoms with E-state index in [1.165, 1.54) is 0 Å². The first-order chi connectivity index (χ1) is 8.79. The number of carboxylic acid groups (broad SMARTS) is 3. The molecule has 4 atom stereocenters. The maximum absolute atomic E-state index is 11.5. The molecule has 0 amide bonds. The van der Waals surface area contributed by atoms with Gasteiger partial charge in [0, 0.05) is 0 Å². The van der Waals surface area contributed by atoms with Crippen molar-refractivity contribution in [3.05, 3.63) is 0 Å². The zero-order chi connectivity index (χ0) is 14.7. The Kier molecular flexibility index (Phi) is 4.47. The zero-order valence-electron chi connectivity index (χ0n) is 10.1. The highest BCUT2D eigenvalue weighted by Crippen LogP contribution is 2.39. The molecule has 0 aliphatic heterocycles.